The number of aliphatic hydroxyl groups is 1. The molecule has 0 aliphatic rings. The molecule has 0 fully saturated rings. The Kier molecular flexibility index (Phi) is 9.06. The van der Waals surface area contributed by atoms with Crippen LogP contribution in [0, 0.1) is 6.57 Å². The number of hydrogen-bond donors (Lipinski definition) is 2. The molecule has 1 atom stereocenters. The second kappa shape index (κ2) is 11.4. The van der Waals surface area contributed by atoms with E-state index in [0.29, 0.717) is 16.6 Å². The summed E-state index contributed by atoms with van der Waals surface area (Å²) in [6.45, 7) is 11.4. The molecule has 0 saturated carbocycles. The van der Waals surface area contributed by atoms with Crippen LogP contribution in [0.1, 0.15) is 39.2 Å². The van der Waals surface area contributed by atoms with Crippen LogP contribution in [0.5, 0.6) is 0 Å². The van der Waals surface area contributed by atoms with Gasteiger partial charge in [0.2, 0.25) is 11.8 Å². The lowest BCUT2D eigenvalue weighted by Gasteiger charge is -2.23. The fourth-order valence-corrected chi connectivity index (χ4v) is 3.84. The molecule has 2 aromatic rings. The number of hydrogen-bond acceptors (Lipinski definition) is 5. The summed E-state index contributed by atoms with van der Waals surface area (Å²) in [5.74, 6) is -1.72. The van der Waals surface area contributed by atoms with Gasteiger partial charge in [0.1, 0.15) is 5.60 Å². The third kappa shape index (κ3) is 7.07. The second-order valence-electron chi connectivity index (χ2n) is 7.68. The third-order valence-electron chi connectivity index (χ3n) is 4.89. The predicted molar refractivity (Wildman–Crippen MR) is 127 cm³/mol. The van der Waals surface area contributed by atoms with Crippen molar-refractivity contribution in [2.24, 2.45) is 0 Å². The third-order valence-corrected chi connectivity index (χ3v) is 6.20. The average Bonchev–Trinajstić information content (AvgIpc) is 2.82. The number of nitrogens with one attached hydrogen (secondary N) is 1. The van der Waals surface area contributed by atoms with Gasteiger partial charge in [-0.3, -0.25) is 19.3 Å². The van der Waals surface area contributed by atoms with Crippen molar-refractivity contribution >= 4 is 46.5 Å². The zero-order valence-corrected chi connectivity index (χ0v) is 20.1. The van der Waals surface area contributed by atoms with Gasteiger partial charge >= 0.3 is 6.18 Å². The van der Waals surface area contributed by atoms with E-state index in [9.17, 15) is 32.7 Å². The lowest BCUT2D eigenvalue weighted by atomic mass is 10.1. The van der Waals surface area contributed by atoms with Crippen LogP contribution in [0.25, 0.3) is 4.85 Å². The Hall–Kier alpha value is -3.36. The average molecular weight is 508 g/mol. The fraction of sp³-hybridized carbons (Fsp3) is 0.333. The minimum Gasteiger partial charge on any atom is -0.379 e. The van der Waals surface area contributed by atoms with Crippen LogP contribution in [-0.2, 0) is 20.6 Å². The molecule has 2 N–H and O–H groups in total. The molecular weight excluding hydrogens is 483 g/mol. The Labute approximate surface area is 205 Å². The van der Waals surface area contributed by atoms with Crippen molar-refractivity contribution in [3.05, 3.63) is 59.4 Å². The summed E-state index contributed by atoms with van der Waals surface area (Å²) in [6.07, 6.45) is -4.46. The minimum absolute atomic E-state index is 0.129. The van der Waals surface area contributed by atoms with Crippen molar-refractivity contribution in [3.8, 4) is 0 Å². The zero-order chi connectivity index (χ0) is 26.4. The molecule has 0 saturated heterocycles. The van der Waals surface area contributed by atoms with Gasteiger partial charge in [0.15, 0.2) is 5.69 Å². The largest absolute Gasteiger partial charge is 0.407 e. The van der Waals surface area contributed by atoms with Crippen molar-refractivity contribution in [1.29, 1.82) is 0 Å². The number of anilines is 2. The van der Waals surface area contributed by atoms with Gasteiger partial charge in [0.05, 0.1) is 17.8 Å². The summed E-state index contributed by atoms with van der Waals surface area (Å²) >= 11 is 1.11. The maximum atomic E-state index is 13.2. The molecule has 0 aliphatic carbocycles. The molecule has 7 nitrogen and oxygen atoms in total. The van der Waals surface area contributed by atoms with E-state index in [1.54, 1.807) is 38.1 Å². The summed E-state index contributed by atoms with van der Waals surface area (Å²) in [7, 11) is 0. The Morgan fingerprint density at radius 2 is 1.63 bits per heavy atom. The fourth-order valence-electron chi connectivity index (χ4n) is 2.93. The van der Waals surface area contributed by atoms with Crippen LogP contribution in [-0.4, -0.2) is 34.2 Å². The number of thioether (sulfide) groups is 1. The van der Waals surface area contributed by atoms with E-state index >= 15 is 0 Å². The zero-order valence-electron chi connectivity index (χ0n) is 19.3. The predicted octanol–water partition coefficient (Wildman–Crippen LogP) is 5.42. The quantitative estimate of drug-likeness (QED) is 0.368. The molecule has 35 heavy (non-hydrogen) atoms. The van der Waals surface area contributed by atoms with Gasteiger partial charge in [0, 0.05) is 29.2 Å². The summed E-state index contributed by atoms with van der Waals surface area (Å²) in [6, 6.07) is 9.17. The van der Waals surface area contributed by atoms with Crippen LogP contribution >= 0.6 is 11.8 Å². The highest BCUT2D eigenvalue weighted by molar-refractivity contribution is 7.99. The molecule has 3 amide bonds. The number of halogens is 3. The molecule has 11 heteroatoms. The minimum atomic E-state index is -4.77. The van der Waals surface area contributed by atoms with Crippen LogP contribution in [0.3, 0.4) is 0 Å². The number of carbonyl (C=O) groups excluding carboxylic acids is 3. The lowest BCUT2D eigenvalue weighted by Crippen LogP contribution is -2.42. The van der Waals surface area contributed by atoms with E-state index in [-0.39, 0.29) is 36.1 Å². The number of alkyl halides is 3. The summed E-state index contributed by atoms with van der Waals surface area (Å²) < 4.78 is 39.5. The van der Waals surface area contributed by atoms with E-state index in [4.69, 9.17) is 6.57 Å². The van der Waals surface area contributed by atoms with E-state index in [1.165, 1.54) is 6.92 Å². The first-order valence-electron chi connectivity index (χ1n) is 10.5. The molecule has 186 valence electrons. The van der Waals surface area contributed by atoms with E-state index in [2.05, 4.69) is 10.2 Å². The Balaban J connectivity index is 2.10. The number of rotatable bonds is 8. The monoisotopic (exact) mass is 507 g/mol. The lowest BCUT2D eigenvalue weighted by molar-refractivity contribution is -0.137. The molecule has 1 unspecified atom stereocenters. The number of carbonyl (C=O) groups is 3. The van der Waals surface area contributed by atoms with Crippen molar-refractivity contribution in [2.45, 2.75) is 50.3 Å². The van der Waals surface area contributed by atoms with Crippen molar-refractivity contribution in [2.75, 3.05) is 16.0 Å². The van der Waals surface area contributed by atoms with Crippen molar-refractivity contribution < 1.29 is 32.7 Å². The molecule has 2 aromatic carbocycles. The second-order valence-corrected chi connectivity index (χ2v) is 8.73. The summed E-state index contributed by atoms with van der Waals surface area (Å²) in [5.41, 5.74) is -3.52. The van der Waals surface area contributed by atoms with Crippen LogP contribution in [0.2, 0.25) is 0 Å². The Morgan fingerprint density at radius 3 is 2.11 bits per heavy atom. The maximum Gasteiger partial charge on any atom is 0.407 e. The molecule has 0 bridgehead atoms. The number of amides is 3. The summed E-state index contributed by atoms with van der Waals surface area (Å²) in [5, 5.41) is 12.8. The van der Waals surface area contributed by atoms with Gasteiger partial charge in [-0.15, -0.1) is 11.8 Å². The Bertz CT molecular complexity index is 1130. The molecule has 0 heterocycles. The SMILES string of the molecule is [C-]#[N+]c1ccc(NC(=O)C(C)(O)CSc2ccc(N(C(=O)CC)C(=O)CC)cc2)cc1C(F)(F)F. The topological polar surface area (TPSA) is 91.1 Å². The van der Waals surface area contributed by atoms with Gasteiger partial charge < -0.3 is 10.4 Å². The van der Waals surface area contributed by atoms with Crippen molar-refractivity contribution in [3.63, 3.8) is 0 Å². The smallest absolute Gasteiger partial charge is 0.379 e. The van der Waals surface area contributed by atoms with E-state index in [1.807, 2.05) is 0 Å². The normalized spacial score (nSPS) is 12.9. The van der Waals surface area contributed by atoms with E-state index in [0.717, 1.165) is 28.8 Å². The maximum absolute atomic E-state index is 13.2. The standard InChI is InChI=1S/C24H24F3N3O4S/c1-5-20(31)30(21(32)6-2)16-8-10-17(11-9-16)35-14-23(3,34)22(33)29-15-7-12-19(28-4)18(13-15)24(25,26)27/h7-13,34H,5-6,14H2,1-3H3,(H,29,33). The van der Waals surface area contributed by atoms with Gasteiger partial charge in [0.25, 0.3) is 5.91 Å². The van der Waals surface area contributed by atoms with E-state index < -0.39 is 28.9 Å². The highest BCUT2D eigenvalue weighted by Crippen LogP contribution is 2.38. The van der Waals surface area contributed by atoms with Crippen LogP contribution in [0.4, 0.5) is 30.2 Å². The number of imide groups is 1. The van der Waals surface area contributed by atoms with Gasteiger partial charge in [-0.2, -0.15) is 13.2 Å². The van der Waals surface area contributed by atoms with Crippen LogP contribution < -0.4 is 10.2 Å². The number of nitrogens with zero attached hydrogens (tertiary/aromatic N) is 2. The van der Waals surface area contributed by atoms with Gasteiger partial charge in [-0.05, 0) is 43.3 Å². The van der Waals surface area contributed by atoms with Crippen LogP contribution in [0.15, 0.2) is 47.4 Å². The van der Waals surface area contributed by atoms with Gasteiger partial charge in [-0.1, -0.05) is 19.9 Å². The molecule has 2 rings (SSSR count). The Morgan fingerprint density at radius 1 is 1.06 bits per heavy atom. The van der Waals surface area contributed by atoms with Crippen molar-refractivity contribution in [1.82, 2.24) is 0 Å². The molecular formula is C24H24F3N3O4S. The molecule has 0 radical (unpaired) electrons. The first-order valence-corrected chi connectivity index (χ1v) is 11.5. The summed E-state index contributed by atoms with van der Waals surface area (Å²) in [4.78, 5) is 41.4. The highest BCUT2D eigenvalue weighted by atomic mass is 32.2. The first kappa shape index (κ1) is 27.9. The first-order chi connectivity index (χ1) is 16.3. The van der Waals surface area contributed by atoms with Gasteiger partial charge in [-0.25, -0.2) is 4.85 Å². The highest BCUT2D eigenvalue weighted by Gasteiger charge is 2.35. The molecule has 0 aliphatic heterocycles. The molecule has 0 aromatic heterocycles. The molecule has 0 spiro atoms. The number of benzene rings is 2.